The predicted molar refractivity (Wildman–Crippen MR) is 65.6 cm³/mol. The van der Waals surface area contributed by atoms with Crippen LogP contribution in [0.5, 0.6) is 0 Å². The predicted octanol–water partition coefficient (Wildman–Crippen LogP) is 0.0307. The monoisotopic (exact) mass is 246 g/mol. The number of hydrogen-bond acceptors (Lipinski definition) is 5. The van der Waals surface area contributed by atoms with Crippen molar-refractivity contribution in [3.63, 3.8) is 0 Å². The van der Waals surface area contributed by atoms with E-state index >= 15 is 0 Å². The first-order chi connectivity index (χ1) is 8.58. The van der Waals surface area contributed by atoms with E-state index in [1.807, 2.05) is 14.0 Å². The van der Waals surface area contributed by atoms with Gasteiger partial charge < -0.3 is 11.1 Å². The Hall–Kier alpha value is -2.44. The van der Waals surface area contributed by atoms with Gasteiger partial charge in [0.25, 0.3) is 5.91 Å². The van der Waals surface area contributed by atoms with Gasteiger partial charge >= 0.3 is 0 Å². The van der Waals surface area contributed by atoms with E-state index in [4.69, 9.17) is 5.73 Å². The highest BCUT2D eigenvalue weighted by molar-refractivity contribution is 5.92. The minimum absolute atomic E-state index is 0.241. The molecule has 0 atom stereocenters. The standard InChI is InChI=1S/C11H14N6O/c1-7-8(6-14-17(7)2)5-13-11(18)9-3-4-10(12)16-15-9/h3-4,6H,5H2,1-2H3,(H2,12,16)(H,13,18). The molecule has 0 radical (unpaired) electrons. The largest absolute Gasteiger partial charge is 0.382 e. The van der Waals surface area contributed by atoms with Gasteiger partial charge in [0.1, 0.15) is 5.82 Å². The molecule has 7 nitrogen and oxygen atoms in total. The van der Waals surface area contributed by atoms with Crippen LogP contribution >= 0.6 is 0 Å². The zero-order valence-electron chi connectivity index (χ0n) is 10.2. The number of aryl methyl sites for hydroxylation is 1. The van der Waals surface area contributed by atoms with Gasteiger partial charge in [-0.05, 0) is 19.1 Å². The van der Waals surface area contributed by atoms with Crippen LogP contribution in [0.15, 0.2) is 18.3 Å². The van der Waals surface area contributed by atoms with E-state index in [2.05, 4.69) is 20.6 Å². The summed E-state index contributed by atoms with van der Waals surface area (Å²) >= 11 is 0. The molecule has 1 amide bonds. The molecule has 2 aromatic heterocycles. The molecule has 18 heavy (non-hydrogen) atoms. The quantitative estimate of drug-likeness (QED) is 0.796. The Morgan fingerprint density at radius 1 is 1.44 bits per heavy atom. The molecule has 0 fully saturated rings. The van der Waals surface area contributed by atoms with Gasteiger partial charge in [-0.15, -0.1) is 10.2 Å². The van der Waals surface area contributed by atoms with Crippen LogP contribution in [0.3, 0.4) is 0 Å². The Morgan fingerprint density at radius 3 is 2.78 bits per heavy atom. The molecule has 0 aromatic carbocycles. The third-order valence-corrected chi connectivity index (χ3v) is 2.69. The van der Waals surface area contributed by atoms with Crippen LogP contribution in [-0.4, -0.2) is 25.9 Å². The molecular weight excluding hydrogens is 232 g/mol. The number of nitrogens with zero attached hydrogens (tertiary/aromatic N) is 4. The summed E-state index contributed by atoms with van der Waals surface area (Å²) in [6, 6.07) is 3.07. The van der Waals surface area contributed by atoms with Gasteiger partial charge in [0.15, 0.2) is 5.69 Å². The average molecular weight is 246 g/mol. The number of amides is 1. The van der Waals surface area contributed by atoms with Crippen LogP contribution in [0, 0.1) is 6.92 Å². The number of rotatable bonds is 3. The van der Waals surface area contributed by atoms with Crippen LogP contribution in [0.2, 0.25) is 0 Å². The van der Waals surface area contributed by atoms with Gasteiger partial charge in [0.2, 0.25) is 0 Å². The molecule has 3 N–H and O–H groups in total. The van der Waals surface area contributed by atoms with E-state index in [1.54, 1.807) is 10.9 Å². The Morgan fingerprint density at radius 2 is 2.22 bits per heavy atom. The van der Waals surface area contributed by atoms with E-state index in [1.165, 1.54) is 12.1 Å². The average Bonchev–Trinajstić information content (AvgIpc) is 2.68. The highest BCUT2D eigenvalue weighted by Gasteiger charge is 2.09. The van der Waals surface area contributed by atoms with Gasteiger partial charge in [-0.3, -0.25) is 9.48 Å². The number of carbonyl (C=O) groups is 1. The van der Waals surface area contributed by atoms with Crippen LogP contribution in [0.1, 0.15) is 21.7 Å². The molecule has 2 rings (SSSR count). The van der Waals surface area contributed by atoms with Crippen molar-refractivity contribution in [2.75, 3.05) is 5.73 Å². The highest BCUT2D eigenvalue weighted by atomic mass is 16.1. The lowest BCUT2D eigenvalue weighted by molar-refractivity contribution is 0.0945. The molecule has 0 aliphatic heterocycles. The lowest BCUT2D eigenvalue weighted by atomic mass is 10.2. The van der Waals surface area contributed by atoms with Crippen LogP contribution < -0.4 is 11.1 Å². The van der Waals surface area contributed by atoms with Gasteiger partial charge in [-0.1, -0.05) is 0 Å². The number of nitrogens with two attached hydrogens (primary N) is 1. The molecule has 2 heterocycles. The topological polar surface area (TPSA) is 98.7 Å². The molecule has 7 heteroatoms. The van der Waals surface area contributed by atoms with Crippen molar-refractivity contribution in [1.29, 1.82) is 0 Å². The first-order valence-corrected chi connectivity index (χ1v) is 5.43. The summed E-state index contributed by atoms with van der Waals surface area (Å²) in [6.07, 6.45) is 1.73. The molecule has 94 valence electrons. The van der Waals surface area contributed by atoms with Crippen molar-refractivity contribution in [3.05, 3.63) is 35.3 Å². The normalized spacial score (nSPS) is 10.3. The summed E-state index contributed by atoms with van der Waals surface area (Å²) in [6.45, 7) is 2.35. The fourth-order valence-electron chi connectivity index (χ4n) is 1.45. The number of nitrogens with one attached hydrogen (secondary N) is 1. The van der Waals surface area contributed by atoms with E-state index in [0.29, 0.717) is 6.54 Å². The second-order valence-electron chi connectivity index (χ2n) is 3.90. The van der Waals surface area contributed by atoms with Gasteiger partial charge in [0.05, 0.1) is 6.20 Å². The molecule has 0 aliphatic rings. The smallest absolute Gasteiger partial charge is 0.272 e. The second-order valence-corrected chi connectivity index (χ2v) is 3.90. The zero-order valence-corrected chi connectivity index (χ0v) is 10.2. The molecule has 0 bridgehead atoms. The summed E-state index contributed by atoms with van der Waals surface area (Å²) in [4.78, 5) is 11.8. The third kappa shape index (κ3) is 2.45. The van der Waals surface area contributed by atoms with Crippen LogP contribution in [0.4, 0.5) is 5.82 Å². The van der Waals surface area contributed by atoms with Crippen molar-refractivity contribution in [3.8, 4) is 0 Å². The number of anilines is 1. The van der Waals surface area contributed by atoms with Crippen molar-refractivity contribution >= 4 is 11.7 Å². The Labute approximate surface area is 104 Å². The first-order valence-electron chi connectivity index (χ1n) is 5.43. The van der Waals surface area contributed by atoms with Crippen LogP contribution in [0.25, 0.3) is 0 Å². The second kappa shape index (κ2) is 4.82. The number of nitrogen functional groups attached to an aromatic ring is 1. The number of hydrogen-bond donors (Lipinski definition) is 2. The van der Waals surface area contributed by atoms with Crippen molar-refractivity contribution in [1.82, 2.24) is 25.3 Å². The van der Waals surface area contributed by atoms with Crippen molar-refractivity contribution in [2.45, 2.75) is 13.5 Å². The lowest BCUT2D eigenvalue weighted by Gasteiger charge is -2.04. The van der Waals surface area contributed by atoms with Crippen molar-refractivity contribution in [2.24, 2.45) is 7.05 Å². The minimum Gasteiger partial charge on any atom is -0.382 e. The summed E-state index contributed by atoms with van der Waals surface area (Å²) in [7, 11) is 1.85. The van der Waals surface area contributed by atoms with Crippen molar-refractivity contribution < 1.29 is 4.79 Å². The summed E-state index contributed by atoms with van der Waals surface area (Å²) in [5.41, 5.74) is 7.62. The summed E-state index contributed by atoms with van der Waals surface area (Å²) in [5, 5.41) is 14.2. The molecule has 0 saturated carbocycles. The van der Waals surface area contributed by atoms with E-state index < -0.39 is 0 Å². The fraction of sp³-hybridized carbons (Fsp3) is 0.273. The third-order valence-electron chi connectivity index (χ3n) is 2.69. The maximum Gasteiger partial charge on any atom is 0.272 e. The van der Waals surface area contributed by atoms with E-state index in [0.717, 1.165) is 11.3 Å². The SMILES string of the molecule is Cc1c(CNC(=O)c2ccc(N)nn2)cnn1C. The van der Waals surface area contributed by atoms with Crippen LogP contribution in [-0.2, 0) is 13.6 Å². The van der Waals surface area contributed by atoms with Gasteiger partial charge in [-0.2, -0.15) is 5.10 Å². The summed E-state index contributed by atoms with van der Waals surface area (Å²) < 4.78 is 1.75. The van der Waals surface area contributed by atoms with E-state index in [9.17, 15) is 4.79 Å². The molecule has 0 aliphatic carbocycles. The lowest BCUT2D eigenvalue weighted by Crippen LogP contribution is -2.24. The molecule has 0 spiro atoms. The van der Waals surface area contributed by atoms with Gasteiger partial charge in [-0.25, -0.2) is 0 Å². The Balaban J connectivity index is 2.00. The Kier molecular flexibility index (Phi) is 3.22. The Bertz CT molecular complexity index is 559. The highest BCUT2D eigenvalue weighted by Crippen LogP contribution is 2.05. The minimum atomic E-state index is -0.286. The molecular formula is C11H14N6O. The number of carbonyl (C=O) groups excluding carboxylic acids is 1. The molecule has 0 saturated heterocycles. The van der Waals surface area contributed by atoms with E-state index in [-0.39, 0.29) is 17.4 Å². The molecule has 2 aromatic rings. The zero-order chi connectivity index (χ0) is 13.1. The number of aromatic nitrogens is 4. The fourth-order valence-corrected chi connectivity index (χ4v) is 1.45. The molecule has 0 unspecified atom stereocenters. The summed E-state index contributed by atoms with van der Waals surface area (Å²) in [5.74, 6) is 0.000377. The first kappa shape index (κ1) is 12.0. The van der Waals surface area contributed by atoms with Gasteiger partial charge in [0, 0.05) is 24.8 Å². The maximum atomic E-state index is 11.8. The maximum absolute atomic E-state index is 11.8.